The highest BCUT2D eigenvalue weighted by molar-refractivity contribution is 5.96. The number of para-hydroxylation sites is 3. The lowest BCUT2D eigenvalue weighted by atomic mass is 10.1. The zero-order chi connectivity index (χ0) is 20.2. The number of carbonyl (C=O) groups is 1. The van der Waals surface area contributed by atoms with Crippen LogP contribution in [0.2, 0.25) is 0 Å². The molecule has 3 aromatic carbocycles. The highest BCUT2D eigenvalue weighted by Crippen LogP contribution is 2.25. The van der Waals surface area contributed by atoms with Crippen molar-refractivity contribution in [1.29, 1.82) is 0 Å². The molecule has 0 aliphatic carbocycles. The molecule has 4 rings (SSSR count). The number of aromatic nitrogens is 2. The number of amides is 1. The lowest BCUT2D eigenvalue weighted by Crippen LogP contribution is -2.27. The number of benzene rings is 3. The third-order valence-electron chi connectivity index (χ3n) is 4.94. The molecular weight excluding hydrogens is 362 g/mol. The van der Waals surface area contributed by atoms with E-state index in [9.17, 15) is 4.79 Å². The molecule has 1 heterocycles. The summed E-state index contributed by atoms with van der Waals surface area (Å²) in [5.41, 5.74) is 4.79. The minimum Gasteiger partial charge on any atom is -0.496 e. The fourth-order valence-corrected chi connectivity index (χ4v) is 3.43. The minimum atomic E-state index is -0.149. The number of nitrogens with zero attached hydrogens (tertiary/aromatic N) is 2. The molecule has 0 atom stereocenters. The molecule has 1 amide bonds. The molecular formula is C24H23N3O2. The molecule has 5 nitrogen and oxygen atoms in total. The monoisotopic (exact) mass is 385 g/mol. The molecule has 0 spiro atoms. The van der Waals surface area contributed by atoms with E-state index in [1.165, 1.54) is 5.56 Å². The Balaban J connectivity index is 1.58. The van der Waals surface area contributed by atoms with Crippen LogP contribution in [0.4, 0.5) is 0 Å². The SMILES string of the molecule is COc1ccccc1C(=O)NCCn1c(-c2ccc(C)cc2)nc2ccccc21. The van der Waals surface area contributed by atoms with Crippen molar-refractivity contribution in [1.82, 2.24) is 14.9 Å². The van der Waals surface area contributed by atoms with Gasteiger partial charge in [0.1, 0.15) is 11.6 Å². The van der Waals surface area contributed by atoms with Crippen LogP contribution in [0.5, 0.6) is 5.75 Å². The maximum atomic E-state index is 12.6. The van der Waals surface area contributed by atoms with Crippen molar-refractivity contribution < 1.29 is 9.53 Å². The number of methoxy groups -OCH3 is 1. The zero-order valence-electron chi connectivity index (χ0n) is 16.6. The summed E-state index contributed by atoms with van der Waals surface area (Å²) in [5.74, 6) is 1.32. The summed E-state index contributed by atoms with van der Waals surface area (Å²) in [6.45, 7) is 3.17. The molecule has 0 unspecified atom stereocenters. The highest BCUT2D eigenvalue weighted by Gasteiger charge is 2.14. The van der Waals surface area contributed by atoms with Crippen LogP contribution < -0.4 is 10.1 Å². The Labute approximate surface area is 170 Å². The van der Waals surface area contributed by atoms with E-state index < -0.39 is 0 Å². The van der Waals surface area contributed by atoms with E-state index in [0.29, 0.717) is 24.4 Å². The average molecular weight is 385 g/mol. The van der Waals surface area contributed by atoms with Crippen LogP contribution >= 0.6 is 0 Å². The van der Waals surface area contributed by atoms with Crippen molar-refractivity contribution in [3.63, 3.8) is 0 Å². The first-order chi connectivity index (χ1) is 14.2. The van der Waals surface area contributed by atoms with E-state index in [-0.39, 0.29) is 5.91 Å². The Morgan fingerprint density at radius 1 is 1.00 bits per heavy atom. The summed E-state index contributed by atoms with van der Waals surface area (Å²) in [4.78, 5) is 17.4. The van der Waals surface area contributed by atoms with Gasteiger partial charge < -0.3 is 14.6 Å². The van der Waals surface area contributed by atoms with E-state index in [2.05, 4.69) is 47.1 Å². The summed E-state index contributed by atoms with van der Waals surface area (Å²) in [5, 5.41) is 3.00. The van der Waals surface area contributed by atoms with Crippen LogP contribution in [0.25, 0.3) is 22.4 Å². The van der Waals surface area contributed by atoms with Gasteiger partial charge in [0.25, 0.3) is 5.91 Å². The summed E-state index contributed by atoms with van der Waals surface area (Å²) in [6, 6.07) is 23.6. The van der Waals surface area contributed by atoms with Crippen LogP contribution in [-0.4, -0.2) is 29.1 Å². The molecule has 4 aromatic rings. The van der Waals surface area contributed by atoms with Crippen molar-refractivity contribution in [2.24, 2.45) is 0 Å². The summed E-state index contributed by atoms with van der Waals surface area (Å²) in [7, 11) is 1.57. The van der Waals surface area contributed by atoms with Gasteiger partial charge in [0, 0.05) is 18.7 Å². The van der Waals surface area contributed by atoms with Crippen molar-refractivity contribution in [3.05, 3.63) is 83.9 Å². The number of nitrogens with one attached hydrogen (secondary N) is 1. The van der Waals surface area contributed by atoms with Crippen LogP contribution in [0, 0.1) is 6.92 Å². The molecule has 5 heteroatoms. The molecule has 0 bridgehead atoms. The highest BCUT2D eigenvalue weighted by atomic mass is 16.5. The van der Waals surface area contributed by atoms with Gasteiger partial charge in [0.2, 0.25) is 0 Å². The second-order valence-corrected chi connectivity index (χ2v) is 6.90. The zero-order valence-corrected chi connectivity index (χ0v) is 16.6. The summed E-state index contributed by atoms with van der Waals surface area (Å²) in [6.07, 6.45) is 0. The van der Waals surface area contributed by atoms with Gasteiger partial charge in [-0.2, -0.15) is 0 Å². The number of rotatable bonds is 6. The molecule has 0 saturated heterocycles. The molecule has 146 valence electrons. The number of carbonyl (C=O) groups excluding carboxylic acids is 1. The first-order valence-corrected chi connectivity index (χ1v) is 9.61. The number of imidazole rings is 1. The minimum absolute atomic E-state index is 0.149. The number of hydrogen-bond acceptors (Lipinski definition) is 3. The van der Waals surface area contributed by atoms with Gasteiger partial charge in [0.15, 0.2) is 0 Å². The number of fused-ring (bicyclic) bond motifs is 1. The van der Waals surface area contributed by atoms with Crippen molar-refractivity contribution in [2.75, 3.05) is 13.7 Å². The topological polar surface area (TPSA) is 56.1 Å². The Bertz CT molecular complexity index is 1150. The van der Waals surface area contributed by atoms with E-state index in [0.717, 1.165) is 22.4 Å². The van der Waals surface area contributed by atoms with Gasteiger partial charge in [-0.15, -0.1) is 0 Å². The first kappa shape index (κ1) is 18.7. The second kappa shape index (κ2) is 8.19. The molecule has 1 N–H and O–H groups in total. The lowest BCUT2D eigenvalue weighted by molar-refractivity contribution is 0.0949. The normalized spacial score (nSPS) is 10.8. The maximum Gasteiger partial charge on any atom is 0.255 e. The number of ether oxygens (including phenoxy) is 1. The fourth-order valence-electron chi connectivity index (χ4n) is 3.43. The molecule has 29 heavy (non-hydrogen) atoms. The van der Waals surface area contributed by atoms with E-state index in [1.807, 2.05) is 30.3 Å². The van der Waals surface area contributed by atoms with Crippen LogP contribution in [-0.2, 0) is 6.54 Å². The summed E-state index contributed by atoms with van der Waals surface area (Å²) < 4.78 is 7.44. The average Bonchev–Trinajstić information content (AvgIpc) is 3.13. The Kier molecular flexibility index (Phi) is 5.29. The lowest BCUT2D eigenvalue weighted by Gasteiger charge is -2.12. The van der Waals surface area contributed by atoms with E-state index in [1.54, 1.807) is 19.2 Å². The smallest absolute Gasteiger partial charge is 0.255 e. The Hall–Kier alpha value is -3.60. The molecule has 1 aromatic heterocycles. The van der Waals surface area contributed by atoms with Crippen LogP contribution in [0.1, 0.15) is 15.9 Å². The largest absolute Gasteiger partial charge is 0.496 e. The Morgan fingerprint density at radius 2 is 1.72 bits per heavy atom. The van der Waals surface area contributed by atoms with E-state index in [4.69, 9.17) is 9.72 Å². The van der Waals surface area contributed by atoms with Gasteiger partial charge in [-0.25, -0.2) is 4.98 Å². The third-order valence-corrected chi connectivity index (χ3v) is 4.94. The molecule has 0 aliphatic heterocycles. The molecule has 0 fully saturated rings. The van der Waals surface area contributed by atoms with Crippen molar-refractivity contribution in [2.45, 2.75) is 13.5 Å². The maximum absolute atomic E-state index is 12.6. The van der Waals surface area contributed by atoms with Gasteiger partial charge in [0.05, 0.1) is 23.7 Å². The van der Waals surface area contributed by atoms with Gasteiger partial charge in [-0.3, -0.25) is 4.79 Å². The fraction of sp³-hybridized carbons (Fsp3) is 0.167. The third kappa shape index (κ3) is 3.85. The molecule has 0 saturated carbocycles. The van der Waals surface area contributed by atoms with E-state index >= 15 is 0 Å². The van der Waals surface area contributed by atoms with Gasteiger partial charge in [-0.1, -0.05) is 54.1 Å². The molecule has 0 aliphatic rings. The Morgan fingerprint density at radius 3 is 2.52 bits per heavy atom. The summed E-state index contributed by atoms with van der Waals surface area (Å²) >= 11 is 0. The number of aryl methyl sites for hydroxylation is 1. The van der Waals surface area contributed by atoms with Gasteiger partial charge >= 0.3 is 0 Å². The predicted octanol–water partition coefficient (Wildman–Crippen LogP) is 4.45. The molecule has 0 radical (unpaired) electrons. The van der Waals surface area contributed by atoms with Crippen LogP contribution in [0.15, 0.2) is 72.8 Å². The van der Waals surface area contributed by atoms with Crippen molar-refractivity contribution >= 4 is 16.9 Å². The quantitative estimate of drug-likeness (QED) is 0.533. The van der Waals surface area contributed by atoms with Crippen molar-refractivity contribution in [3.8, 4) is 17.1 Å². The van der Waals surface area contributed by atoms with Gasteiger partial charge in [-0.05, 0) is 31.2 Å². The standard InChI is InChI=1S/C24H23N3O2/c1-17-11-13-18(14-12-17)23-26-20-8-4-5-9-21(20)27(23)16-15-25-24(28)19-7-3-6-10-22(19)29-2/h3-14H,15-16H2,1-2H3,(H,25,28). The first-order valence-electron chi connectivity index (χ1n) is 9.61. The predicted molar refractivity (Wildman–Crippen MR) is 115 cm³/mol. The second-order valence-electron chi connectivity index (χ2n) is 6.90. The number of hydrogen-bond donors (Lipinski definition) is 1. The van der Waals surface area contributed by atoms with Crippen LogP contribution in [0.3, 0.4) is 0 Å².